The average molecular weight is 457 g/mol. The van der Waals surface area contributed by atoms with Gasteiger partial charge in [-0.3, -0.25) is 4.79 Å². The van der Waals surface area contributed by atoms with Crippen molar-refractivity contribution in [2.45, 2.75) is 32.2 Å². The van der Waals surface area contributed by atoms with Gasteiger partial charge in [0.25, 0.3) is 5.91 Å². The van der Waals surface area contributed by atoms with Gasteiger partial charge in [-0.1, -0.05) is 18.5 Å². The summed E-state index contributed by atoms with van der Waals surface area (Å²) in [5, 5.41) is 6.95. The molecule has 170 valence electrons. The number of nitrogens with zero attached hydrogens (tertiary/aromatic N) is 3. The van der Waals surface area contributed by atoms with Crippen LogP contribution in [0, 0.1) is 0 Å². The number of aromatic amines is 1. The number of halogens is 1. The zero-order valence-electron chi connectivity index (χ0n) is 18.4. The number of hydrogen-bond donors (Lipinski definition) is 3. The van der Waals surface area contributed by atoms with Crippen LogP contribution in [0.3, 0.4) is 0 Å². The number of benzene rings is 1. The SMILES string of the molecule is CCCNC(=O)COc1ccc(-c2nc3c(NC4CCN(C)CC4)c(Cl)cnc3[nH]2)cc1. The lowest BCUT2D eigenvalue weighted by Crippen LogP contribution is -2.36. The second-order valence-electron chi connectivity index (χ2n) is 8.15. The van der Waals surface area contributed by atoms with Crippen LogP contribution in [0.5, 0.6) is 5.75 Å². The minimum Gasteiger partial charge on any atom is -0.484 e. The maximum atomic E-state index is 11.7. The van der Waals surface area contributed by atoms with Crippen molar-refractivity contribution in [3.63, 3.8) is 0 Å². The molecule has 0 spiro atoms. The van der Waals surface area contributed by atoms with E-state index in [2.05, 4.69) is 32.5 Å². The van der Waals surface area contributed by atoms with Crippen LogP contribution in [0.1, 0.15) is 26.2 Å². The molecule has 1 saturated heterocycles. The predicted molar refractivity (Wildman–Crippen MR) is 127 cm³/mol. The molecule has 0 atom stereocenters. The molecule has 8 nitrogen and oxygen atoms in total. The van der Waals surface area contributed by atoms with E-state index >= 15 is 0 Å². The molecule has 0 aliphatic carbocycles. The highest BCUT2D eigenvalue weighted by molar-refractivity contribution is 6.34. The lowest BCUT2D eigenvalue weighted by atomic mass is 10.1. The zero-order valence-corrected chi connectivity index (χ0v) is 19.2. The van der Waals surface area contributed by atoms with Crippen molar-refractivity contribution in [1.29, 1.82) is 0 Å². The van der Waals surface area contributed by atoms with Crippen molar-refractivity contribution in [2.24, 2.45) is 0 Å². The molecule has 1 aliphatic heterocycles. The van der Waals surface area contributed by atoms with Gasteiger partial charge in [-0.05, 0) is 63.7 Å². The fourth-order valence-corrected chi connectivity index (χ4v) is 3.93. The number of carbonyl (C=O) groups is 1. The Kier molecular flexibility index (Phi) is 7.12. The van der Waals surface area contributed by atoms with E-state index in [1.807, 2.05) is 31.2 Å². The minimum absolute atomic E-state index is 0.00160. The standard InChI is InChI=1S/C23H29ClN6O2/c1-3-10-25-19(31)14-32-17-6-4-15(5-7-17)22-28-21-20(18(24)13-26-23(21)29-22)27-16-8-11-30(2)12-9-16/h4-7,13,16H,3,8-12,14H2,1-2H3,(H,25,31)(H2,26,27,28,29). The number of fused-ring (bicyclic) bond motifs is 1. The molecule has 0 unspecified atom stereocenters. The molecule has 3 aromatic rings. The van der Waals surface area contributed by atoms with Gasteiger partial charge in [0.15, 0.2) is 12.3 Å². The molecule has 1 amide bonds. The monoisotopic (exact) mass is 456 g/mol. The van der Waals surface area contributed by atoms with Crippen LogP contribution in [0.2, 0.25) is 5.02 Å². The second-order valence-corrected chi connectivity index (χ2v) is 8.56. The van der Waals surface area contributed by atoms with Gasteiger partial charge in [0.1, 0.15) is 17.1 Å². The first kappa shape index (κ1) is 22.4. The molecular weight excluding hydrogens is 428 g/mol. The third-order valence-electron chi connectivity index (χ3n) is 5.60. The summed E-state index contributed by atoms with van der Waals surface area (Å²) in [4.78, 5) is 26.5. The Morgan fingerprint density at radius 2 is 2.03 bits per heavy atom. The summed E-state index contributed by atoms with van der Waals surface area (Å²) >= 11 is 6.48. The van der Waals surface area contributed by atoms with Crippen molar-refractivity contribution < 1.29 is 9.53 Å². The summed E-state index contributed by atoms with van der Waals surface area (Å²) in [5.41, 5.74) is 3.14. The van der Waals surface area contributed by atoms with Crippen LogP contribution in [0.25, 0.3) is 22.6 Å². The van der Waals surface area contributed by atoms with Gasteiger partial charge in [-0.2, -0.15) is 0 Å². The third-order valence-corrected chi connectivity index (χ3v) is 5.89. The first-order valence-corrected chi connectivity index (χ1v) is 11.4. The van der Waals surface area contributed by atoms with Crippen LogP contribution < -0.4 is 15.4 Å². The lowest BCUT2D eigenvalue weighted by Gasteiger charge is -2.30. The van der Waals surface area contributed by atoms with Crippen molar-refractivity contribution >= 4 is 34.4 Å². The van der Waals surface area contributed by atoms with Gasteiger partial charge >= 0.3 is 0 Å². The molecule has 32 heavy (non-hydrogen) atoms. The number of piperidine rings is 1. The molecule has 3 heterocycles. The number of likely N-dealkylation sites (tertiary alicyclic amines) is 1. The zero-order chi connectivity index (χ0) is 22.5. The number of imidazole rings is 1. The highest BCUT2D eigenvalue weighted by Crippen LogP contribution is 2.32. The fraction of sp³-hybridized carbons (Fsp3) is 0.435. The highest BCUT2D eigenvalue weighted by atomic mass is 35.5. The highest BCUT2D eigenvalue weighted by Gasteiger charge is 2.20. The largest absolute Gasteiger partial charge is 0.484 e. The van der Waals surface area contributed by atoms with E-state index in [0.29, 0.717) is 34.8 Å². The van der Waals surface area contributed by atoms with Crippen LogP contribution in [-0.2, 0) is 4.79 Å². The summed E-state index contributed by atoms with van der Waals surface area (Å²) in [6.07, 6.45) is 4.68. The summed E-state index contributed by atoms with van der Waals surface area (Å²) in [6.45, 7) is 4.78. The summed E-state index contributed by atoms with van der Waals surface area (Å²) in [6, 6.07) is 7.83. The minimum atomic E-state index is -0.124. The normalized spacial score (nSPS) is 15.1. The molecule has 9 heteroatoms. The molecule has 0 saturated carbocycles. The van der Waals surface area contributed by atoms with Crippen molar-refractivity contribution in [3.8, 4) is 17.1 Å². The fourth-order valence-electron chi connectivity index (χ4n) is 3.74. The molecule has 3 N–H and O–H groups in total. The Morgan fingerprint density at radius 3 is 2.75 bits per heavy atom. The molecule has 1 aliphatic rings. The van der Waals surface area contributed by atoms with Gasteiger partial charge in [0.2, 0.25) is 0 Å². The molecular formula is C23H29ClN6O2. The lowest BCUT2D eigenvalue weighted by molar-refractivity contribution is -0.123. The van der Waals surface area contributed by atoms with E-state index < -0.39 is 0 Å². The van der Waals surface area contributed by atoms with E-state index in [0.717, 1.165) is 49.1 Å². The smallest absolute Gasteiger partial charge is 0.257 e. The summed E-state index contributed by atoms with van der Waals surface area (Å²) in [5.74, 6) is 1.21. The van der Waals surface area contributed by atoms with Gasteiger partial charge < -0.3 is 25.3 Å². The quantitative estimate of drug-likeness (QED) is 0.478. The van der Waals surface area contributed by atoms with Crippen molar-refractivity contribution in [3.05, 3.63) is 35.5 Å². The maximum Gasteiger partial charge on any atom is 0.257 e. The number of nitrogens with one attached hydrogen (secondary N) is 3. The third kappa shape index (κ3) is 5.31. The second kappa shape index (κ2) is 10.2. The number of hydrogen-bond acceptors (Lipinski definition) is 6. The molecule has 1 fully saturated rings. The Balaban J connectivity index is 1.48. The van der Waals surface area contributed by atoms with Gasteiger partial charge in [-0.15, -0.1) is 0 Å². The van der Waals surface area contributed by atoms with Gasteiger partial charge in [0.05, 0.1) is 16.9 Å². The Morgan fingerprint density at radius 1 is 1.28 bits per heavy atom. The summed E-state index contributed by atoms with van der Waals surface area (Å²) in [7, 11) is 2.14. The molecule has 0 bridgehead atoms. The number of pyridine rings is 1. The number of aromatic nitrogens is 3. The maximum absolute atomic E-state index is 11.7. The topological polar surface area (TPSA) is 95.2 Å². The van der Waals surface area contributed by atoms with Crippen LogP contribution in [0.15, 0.2) is 30.5 Å². The Bertz CT molecular complexity index is 1060. The number of anilines is 1. The number of rotatable bonds is 8. The molecule has 0 radical (unpaired) electrons. The Hall–Kier alpha value is -2.84. The first-order valence-electron chi connectivity index (χ1n) is 11.0. The van der Waals surface area contributed by atoms with E-state index in [4.69, 9.17) is 21.3 Å². The summed E-state index contributed by atoms with van der Waals surface area (Å²) < 4.78 is 5.56. The number of amides is 1. The molecule has 1 aromatic carbocycles. The Labute approximate surface area is 192 Å². The van der Waals surface area contributed by atoms with Gasteiger partial charge in [-0.25, -0.2) is 9.97 Å². The molecule has 2 aromatic heterocycles. The van der Waals surface area contributed by atoms with Gasteiger partial charge in [0, 0.05) is 18.2 Å². The number of H-pyrrole nitrogens is 1. The van der Waals surface area contributed by atoms with E-state index in [9.17, 15) is 4.79 Å². The van der Waals surface area contributed by atoms with E-state index in [1.54, 1.807) is 6.20 Å². The van der Waals surface area contributed by atoms with E-state index in [-0.39, 0.29) is 12.5 Å². The average Bonchev–Trinajstić information content (AvgIpc) is 3.24. The first-order chi connectivity index (χ1) is 15.5. The van der Waals surface area contributed by atoms with Crippen LogP contribution in [0.4, 0.5) is 5.69 Å². The number of carbonyl (C=O) groups excluding carboxylic acids is 1. The van der Waals surface area contributed by atoms with Crippen molar-refractivity contribution in [2.75, 3.05) is 38.6 Å². The number of ether oxygens (including phenoxy) is 1. The predicted octanol–water partition coefficient (Wildman–Crippen LogP) is 3.69. The van der Waals surface area contributed by atoms with E-state index in [1.165, 1.54) is 0 Å². The van der Waals surface area contributed by atoms with Crippen LogP contribution >= 0.6 is 11.6 Å². The molecule has 4 rings (SSSR count). The van der Waals surface area contributed by atoms with Crippen molar-refractivity contribution in [1.82, 2.24) is 25.2 Å². The van der Waals surface area contributed by atoms with Crippen LogP contribution in [-0.4, -0.2) is 65.1 Å².